The van der Waals surface area contributed by atoms with E-state index in [2.05, 4.69) is 64.1 Å². The maximum atomic E-state index is 14.7. The van der Waals surface area contributed by atoms with Gasteiger partial charge in [0.1, 0.15) is 6.10 Å². The maximum Gasteiger partial charge on any atom is 0.373 e. The van der Waals surface area contributed by atoms with Crippen molar-refractivity contribution in [3.63, 3.8) is 0 Å². The van der Waals surface area contributed by atoms with Crippen LogP contribution in [0.2, 0.25) is 0 Å². The zero-order valence-corrected chi connectivity index (χ0v) is 36.2. The highest BCUT2D eigenvalue weighted by Crippen LogP contribution is 2.45. The van der Waals surface area contributed by atoms with Crippen molar-refractivity contribution < 1.29 is 13.6 Å². The van der Waals surface area contributed by atoms with Crippen molar-refractivity contribution in [3.05, 3.63) is 69.8 Å². The van der Waals surface area contributed by atoms with Gasteiger partial charge in [0.25, 0.3) is 0 Å². The lowest BCUT2D eigenvalue weighted by Crippen LogP contribution is -2.11. The number of unbranched alkanes of at least 4 members (excludes halogenated alkanes) is 24. The molecule has 0 heterocycles. The van der Waals surface area contributed by atoms with Gasteiger partial charge >= 0.3 is 8.69 Å². The molecule has 0 aliphatic carbocycles. The highest BCUT2D eigenvalue weighted by atomic mass is 31.2. The molecule has 0 radical (unpaired) electrons. The molecule has 0 aliphatic heterocycles. The molecule has 0 aliphatic rings. The van der Waals surface area contributed by atoms with Crippen molar-refractivity contribution in [1.82, 2.24) is 0 Å². The Labute approximate surface area is 330 Å². The first-order chi connectivity index (χ1) is 26.0. The smallest absolute Gasteiger partial charge is 0.325 e. The Morgan fingerprint density at radius 1 is 0.434 bits per heavy atom. The number of benzene rings is 2. The number of hydrogen-bond donors (Lipinski definition) is 1. The van der Waals surface area contributed by atoms with Crippen LogP contribution in [0.25, 0.3) is 0 Å². The second-order valence-corrected chi connectivity index (χ2v) is 16.9. The van der Waals surface area contributed by atoms with E-state index in [-0.39, 0.29) is 0 Å². The van der Waals surface area contributed by atoms with Gasteiger partial charge in [-0.05, 0) is 84.7 Å². The average molecular weight is 755 g/mol. The van der Waals surface area contributed by atoms with Gasteiger partial charge in [0, 0.05) is 0 Å². The molecule has 0 saturated carbocycles. The topological polar surface area (TPSA) is 29.5 Å². The summed E-state index contributed by atoms with van der Waals surface area (Å²) >= 11 is 0. The molecule has 0 fully saturated rings. The third kappa shape index (κ3) is 22.8. The molecule has 304 valence electrons. The summed E-state index contributed by atoms with van der Waals surface area (Å²) in [5.41, 5.74) is 7.46. The Hall–Kier alpha value is -1.28. The number of rotatable bonds is 36. The Balaban J connectivity index is 2.32. The van der Waals surface area contributed by atoms with Gasteiger partial charge in [0.05, 0.1) is 0 Å². The third-order valence-corrected chi connectivity index (χ3v) is 11.8. The summed E-state index contributed by atoms with van der Waals surface area (Å²) in [6, 6.07) is 13.8. The predicted octanol–water partition coefficient (Wildman–Crippen LogP) is 17.2. The summed E-state index contributed by atoms with van der Waals surface area (Å²) in [6.07, 6.45) is 39.7. The van der Waals surface area contributed by atoms with Crippen LogP contribution in [0.3, 0.4) is 0 Å². The van der Waals surface area contributed by atoms with Crippen LogP contribution in [-0.2, 0) is 30.2 Å². The minimum atomic E-state index is -3.01. The zero-order valence-electron chi connectivity index (χ0n) is 35.3. The van der Waals surface area contributed by atoms with Gasteiger partial charge in [0.15, 0.2) is 0 Å². The Morgan fingerprint density at radius 2 is 0.717 bits per heavy atom. The van der Waals surface area contributed by atoms with E-state index in [9.17, 15) is 9.09 Å². The molecular weight excluding hydrogens is 671 g/mol. The highest BCUT2D eigenvalue weighted by molar-refractivity contribution is 7.40. The van der Waals surface area contributed by atoms with Crippen molar-refractivity contribution in [1.29, 1.82) is 0 Å². The van der Waals surface area contributed by atoms with Gasteiger partial charge in [-0.2, -0.15) is 4.20 Å². The van der Waals surface area contributed by atoms with Crippen LogP contribution < -0.4 is 0 Å². The van der Waals surface area contributed by atoms with Crippen molar-refractivity contribution >= 4 is 8.69 Å². The average Bonchev–Trinajstić information content (AvgIpc) is 3.16. The molecular formula is C49H84FO2P. The molecule has 1 N–H and O–H groups in total. The van der Waals surface area contributed by atoms with E-state index >= 15 is 0 Å². The van der Waals surface area contributed by atoms with E-state index in [4.69, 9.17) is 4.52 Å². The lowest BCUT2D eigenvalue weighted by Gasteiger charge is -2.25. The highest BCUT2D eigenvalue weighted by Gasteiger charge is 2.25. The van der Waals surface area contributed by atoms with Gasteiger partial charge in [-0.25, -0.2) is 0 Å². The number of aryl methyl sites for hydroxylation is 4. The van der Waals surface area contributed by atoms with Crippen LogP contribution in [0.5, 0.6) is 0 Å². The molecule has 1 atom stereocenters. The zero-order chi connectivity index (χ0) is 38.2. The summed E-state index contributed by atoms with van der Waals surface area (Å²) < 4.78 is 20.7. The molecule has 2 aromatic rings. The lowest BCUT2D eigenvalue weighted by molar-refractivity contribution is 0.222. The number of halogens is 1. The van der Waals surface area contributed by atoms with Crippen LogP contribution in [0.1, 0.15) is 247 Å². The van der Waals surface area contributed by atoms with Gasteiger partial charge in [-0.3, -0.25) is 4.52 Å². The third-order valence-electron chi connectivity index (χ3n) is 11.4. The summed E-state index contributed by atoms with van der Waals surface area (Å²) in [5.74, 6) is 0. The molecule has 53 heavy (non-hydrogen) atoms. The van der Waals surface area contributed by atoms with Crippen molar-refractivity contribution in [2.45, 2.75) is 239 Å². The maximum absolute atomic E-state index is 14.7. The van der Waals surface area contributed by atoms with Gasteiger partial charge < -0.3 is 4.89 Å². The summed E-state index contributed by atoms with van der Waals surface area (Å²) in [6.45, 7) is 9.12. The SMILES string of the molecule is CCCCCCCCCc1ccc(C(OP(O)F)c2ccc(CCCCCCCCC)cc2CCCCCCCCC)c(CCCCCCCCC)c1. The monoisotopic (exact) mass is 755 g/mol. The van der Waals surface area contributed by atoms with E-state index in [1.807, 2.05) is 0 Å². The summed E-state index contributed by atoms with van der Waals surface area (Å²) in [5, 5.41) is 0. The van der Waals surface area contributed by atoms with Gasteiger partial charge in [-0.1, -0.05) is 218 Å². The van der Waals surface area contributed by atoms with Gasteiger partial charge in [-0.15, -0.1) is 0 Å². The molecule has 0 bridgehead atoms. The van der Waals surface area contributed by atoms with E-state index in [1.165, 1.54) is 189 Å². The fraction of sp³-hybridized carbons (Fsp3) is 0.755. The molecule has 0 spiro atoms. The fourth-order valence-electron chi connectivity index (χ4n) is 8.06. The summed E-state index contributed by atoms with van der Waals surface area (Å²) in [7, 11) is -3.01. The van der Waals surface area contributed by atoms with Gasteiger partial charge in [0.2, 0.25) is 0 Å². The minimum Gasteiger partial charge on any atom is -0.325 e. The van der Waals surface area contributed by atoms with Crippen LogP contribution in [0, 0.1) is 0 Å². The molecule has 2 nitrogen and oxygen atoms in total. The van der Waals surface area contributed by atoms with E-state index in [1.54, 1.807) is 0 Å². The Morgan fingerprint density at radius 3 is 1.02 bits per heavy atom. The van der Waals surface area contributed by atoms with E-state index in [0.29, 0.717) is 0 Å². The quantitative estimate of drug-likeness (QED) is 0.0554. The largest absolute Gasteiger partial charge is 0.373 e. The second kappa shape index (κ2) is 32.9. The molecule has 0 amide bonds. The molecule has 0 saturated heterocycles. The van der Waals surface area contributed by atoms with Crippen molar-refractivity contribution in [3.8, 4) is 0 Å². The van der Waals surface area contributed by atoms with E-state index < -0.39 is 14.8 Å². The molecule has 2 aromatic carbocycles. The van der Waals surface area contributed by atoms with Crippen molar-refractivity contribution in [2.24, 2.45) is 0 Å². The second-order valence-electron chi connectivity index (χ2n) is 16.3. The Kier molecular flexibility index (Phi) is 29.7. The Bertz CT molecular complexity index is 1050. The standard InChI is InChI=1S/C49H84FO2P/c1-5-9-13-17-21-25-29-33-43-37-39-47(45(41-43)35-31-27-23-19-15-11-7-3)49(52-53(50)51)48-40-38-44(34-30-26-22-18-14-10-6-2)42-46(48)36-32-28-24-20-16-12-8-4/h37-42,49,51H,5-36H2,1-4H3. The van der Waals surface area contributed by atoms with E-state index in [0.717, 1.165) is 49.7 Å². The normalized spacial score (nSPS) is 12.3. The first-order valence-corrected chi connectivity index (χ1v) is 24.2. The van der Waals surface area contributed by atoms with Crippen LogP contribution in [-0.4, -0.2) is 4.89 Å². The molecule has 4 heteroatoms. The van der Waals surface area contributed by atoms with Crippen LogP contribution >= 0.6 is 8.69 Å². The molecule has 2 rings (SSSR count). The van der Waals surface area contributed by atoms with Crippen molar-refractivity contribution in [2.75, 3.05) is 0 Å². The molecule has 1 unspecified atom stereocenters. The lowest BCUT2D eigenvalue weighted by atomic mass is 9.87. The first kappa shape index (κ1) is 47.9. The predicted molar refractivity (Wildman–Crippen MR) is 233 cm³/mol. The van der Waals surface area contributed by atoms with Crippen LogP contribution in [0.4, 0.5) is 4.20 Å². The summed E-state index contributed by atoms with van der Waals surface area (Å²) in [4.78, 5) is 10.2. The minimum absolute atomic E-state index is 0.588. The molecule has 0 aromatic heterocycles. The number of hydrogen-bond acceptors (Lipinski definition) is 2. The fourth-order valence-corrected chi connectivity index (χ4v) is 8.46. The van der Waals surface area contributed by atoms with Crippen LogP contribution in [0.15, 0.2) is 36.4 Å². The first-order valence-electron chi connectivity index (χ1n) is 23.1.